The van der Waals surface area contributed by atoms with Gasteiger partial charge in [-0.25, -0.2) is 0 Å². The summed E-state index contributed by atoms with van der Waals surface area (Å²) >= 11 is 0. The highest BCUT2D eigenvalue weighted by Gasteiger charge is 2.23. The van der Waals surface area contributed by atoms with E-state index in [0.29, 0.717) is 17.9 Å². The number of hydrogen-bond acceptors (Lipinski definition) is 4. The Kier molecular flexibility index (Phi) is 5.93. The Balaban J connectivity index is 2.05. The summed E-state index contributed by atoms with van der Waals surface area (Å²) in [7, 11) is 0. The molecule has 0 radical (unpaired) electrons. The predicted molar refractivity (Wildman–Crippen MR) is 111 cm³/mol. The van der Waals surface area contributed by atoms with E-state index in [1.165, 1.54) is 6.07 Å². The van der Waals surface area contributed by atoms with Crippen molar-refractivity contribution < 1.29 is 9.72 Å². The molecule has 7 nitrogen and oxygen atoms in total. The number of aromatic nitrogens is 1. The fourth-order valence-corrected chi connectivity index (χ4v) is 3.58. The first-order chi connectivity index (χ1) is 13.9. The topological polar surface area (TPSA) is 112 Å². The maximum atomic E-state index is 12.6. The van der Waals surface area contributed by atoms with Crippen LogP contribution >= 0.6 is 0 Å². The van der Waals surface area contributed by atoms with Crippen LogP contribution in [-0.2, 0) is 4.79 Å². The second-order valence-electron chi connectivity index (χ2n) is 7.34. The van der Waals surface area contributed by atoms with Crippen LogP contribution in [-0.4, -0.2) is 22.4 Å². The number of non-ortho nitro benzene ring substituents is 1. The van der Waals surface area contributed by atoms with Crippen molar-refractivity contribution in [3.63, 3.8) is 0 Å². The summed E-state index contributed by atoms with van der Waals surface area (Å²) in [4.78, 5) is 26.5. The lowest BCUT2D eigenvalue weighted by Crippen LogP contribution is -2.30. The first kappa shape index (κ1) is 20.1. The molecule has 148 valence electrons. The van der Waals surface area contributed by atoms with E-state index in [4.69, 9.17) is 5.26 Å². The van der Waals surface area contributed by atoms with E-state index in [1.807, 2.05) is 50.2 Å². The van der Waals surface area contributed by atoms with Gasteiger partial charge in [-0.2, -0.15) is 5.26 Å². The Labute approximate surface area is 168 Å². The number of fused-ring (bicyclic) bond motifs is 1. The lowest BCUT2D eigenvalue weighted by molar-refractivity contribution is -0.383. The molecule has 0 aliphatic rings. The maximum absolute atomic E-state index is 12.6. The zero-order valence-corrected chi connectivity index (χ0v) is 16.3. The molecular formula is C22H22N4O3. The summed E-state index contributed by atoms with van der Waals surface area (Å²) in [6.07, 6.45) is 2.34. The normalized spacial score (nSPS) is 11.9. The fraction of sp³-hybridized carbons (Fsp3) is 0.273. The van der Waals surface area contributed by atoms with E-state index in [1.54, 1.807) is 12.3 Å². The van der Waals surface area contributed by atoms with Gasteiger partial charge in [-0.15, -0.1) is 0 Å². The SMILES string of the molecule is CC(C)CC(C(=O)NCC#N)c1cccc(-c2ccc([N+](=O)[O-])c3[nH]ccc23)c1. The number of nitriles is 1. The van der Waals surface area contributed by atoms with Gasteiger partial charge in [-0.05, 0) is 41.2 Å². The first-order valence-electron chi connectivity index (χ1n) is 9.41. The number of nitrogens with one attached hydrogen (secondary N) is 2. The molecule has 2 N–H and O–H groups in total. The van der Waals surface area contributed by atoms with Gasteiger partial charge < -0.3 is 10.3 Å². The Hall–Kier alpha value is -3.66. The monoisotopic (exact) mass is 390 g/mol. The average molecular weight is 390 g/mol. The van der Waals surface area contributed by atoms with Gasteiger partial charge in [-0.3, -0.25) is 14.9 Å². The van der Waals surface area contributed by atoms with E-state index in [9.17, 15) is 14.9 Å². The molecule has 1 unspecified atom stereocenters. The van der Waals surface area contributed by atoms with Crippen LogP contribution < -0.4 is 5.32 Å². The minimum atomic E-state index is -0.406. The van der Waals surface area contributed by atoms with Crippen LogP contribution in [0.4, 0.5) is 5.69 Å². The van der Waals surface area contributed by atoms with Gasteiger partial charge in [0, 0.05) is 17.6 Å². The van der Waals surface area contributed by atoms with Crippen molar-refractivity contribution in [1.82, 2.24) is 10.3 Å². The zero-order chi connectivity index (χ0) is 21.0. The highest BCUT2D eigenvalue weighted by molar-refractivity contribution is 6.00. The smallest absolute Gasteiger partial charge is 0.293 e. The number of carbonyl (C=O) groups excluding carboxylic acids is 1. The Morgan fingerprint density at radius 3 is 2.76 bits per heavy atom. The number of aromatic amines is 1. The van der Waals surface area contributed by atoms with Crippen LogP contribution in [0.5, 0.6) is 0 Å². The molecule has 2 aromatic carbocycles. The molecule has 0 aliphatic carbocycles. The minimum absolute atomic E-state index is 0.0264. The highest BCUT2D eigenvalue weighted by Crippen LogP contribution is 2.35. The van der Waals surface area contributed by atoms with Crippen molar-refractivity contribution in [3.05, 3.63) is 64.3 Å². The molecule has 3 rings (SSSR count). The summed E-state index contributed by atoms with van der Waals surface area (Å²) in [5, 5.41) is 23.5. The predicted octanol–water partition coefficient (Wildman–Crippen LogP) is 4.51. The number of nitro groups is 1. The largest absolute Gasteiger partial charge is 0.356 e. The summed E-state index contributed by atoms with van der Waals surface area (Å²) < 4.78 is 0. The van der Waals surface area contributed by atoms with E-state index in [-0.39, 0.29) is 24.1 Å². The molecule has 3 aromatic rings. The number of nitrogens with zero attached hydrogens (tertiary/aromatic N) is 2. The molecule has 0 spiro atoms. The lowest BCUT2D eigenvalue weighted by Gasteiger charge is -2.19. The number of nitro benzene ring substituents is 1. The third-order valence-electron chi connectivity index (χ3n) is 4.86. The maximum Gasteiger partial charge on any atom is 0.293 e. The molecule has 1 amide bonds. The summed E-state index contributed by atoms with van der Waals surface area (Å²) in [6.45, 7) is 4.07. The van der Waals surface area contributed by atoms with Crippen LogP contribution in [0.15, 0.2) is 48.7 Å². The van der Waals surface area contributed by atoms with Crippen LogP contribution in [0.3, 0.4) is 0 Å². The molecule has 0 saturated carbocycles. The van der Waals surface area contributed by atoms with E-state index in [2.05, 4.69) is 10.3 Å². The summed E-state index contributed by atoms with van der Waals surface area (Å²) in [6, 6.07) is 14.6. The van der Waals surface area contributed by atoms with Crippen molar-refractivity contribution in [2.75, 3.05) is 6.54 Å². The number of benzene rings is 2. The third kappa shape index (κ3) is 4.27. The summed E-state index contributed by atoms with van der Waals surface area (Å²) in [5.74, 6) is -0.247. The zero-order valence-electron chi connectivity index (χ0n) is 16.3. The molecule has 0 saturated heterocycles. The molecule has 1 aromatic heterocycles. The lowest BCUT2D eigenvalue weighted by atomic mass is 9.87. The Morgan fingerprint density at radius 2 is 2.07 bits per heavy atom. The number of H-pyrrole nitrogens is 1. The molecule has 7 heteroatoms. The Morgan fingerprint density at radius 1 is 1.28 bits per heavy atom. The molecule has 0 bridgehead atoms. The fourth-order valence-electron chi connectivity index (χ4n) is 3.58. The van der Waals surface area contributed by atoms with Crippen molar-refractivity contribution >= 4 is 22.5 Å². The van der Waals surface area contributed by atoms with Crippen LogP contribution in [0, 0.1) is 27.4 Å². The second-order valence-corrected chi connectivity index (χ2v) is 7.34. The van der Waals surface area contributed by atoms with Crippen LogP contribution in [0.2, 0.25) is 0 Å². The Bertz CT molecular complexity index is 1090. The first-order valence-corrected chi connectivity index (χ1v) is 9.41. The van der Waals surface area contributed by atoms with E-state index >= 15 is 0 Å². The third-order valence-corrected chi connectivity index (χ3v) is 4.86. The number of rotatable bonds is 7. The van der Waals surface area contributed by atoms with Crippen LogP contribution in [0.1, 0.15) is 31.7 Å². The second kappa shape index (κ2) is 8.57. The van der Waals surface area contributed by atoms with E-state index in [0.717, 1.165) is 22.1 Å². The van der Waals surface area contributed by atoms with Crippen molar-refractivity contribution in [2.45, 2.75) is 26.2 Å². The van der Waals surface area contributed by atoms with Gasteiger partial charge in [0.05, 0.1) is 16.9 Å². The van der Waals surface area contributed by atoms with Crippen molar-refractivity contribution in [2.24, 2.45) is 5.92 Å². The standard InChI is InChI=1S/C22H22N4O3/c1-14(2)12-19(22(27)25-11-9-23)16-5-3-4-15(13-16)17-6-7-20(26(28)29)21-18(17)8-10-24-21/h3-8,10,13-14,19,24H,11-12H2,1-2H3,(H,25,27). The number of carbonyl (C=O) groups is 1. The van der Waals surface area contributed by atoms with Crippen molar-refractivity contribution in [3.8, 4) is 17.2 Å². The average Bonchev–Trinajstić information content (AvgIpc) is 3.19. The highest BCUT2D eigenvalue weighted by atomic mass is 16.6. The van der Waals surface area contributed by atoms with Gasteiger partial charge in [0.25, 0.3) is 5.69 Å². The molecule has 1 atom stereocenters. The number of hydrogen-bond donors (Lipinski definition) is 2. The van der Waals surface area contributed by atoms with Gasteiger partial charge in [-0.1, -0.05) is 38.1 Å². The molecule has 0 fully saturated rings. The summed E-state index contributed by atoms with van der Waals surface area (Å²) in [5.41, 5.74) is 3.09. The van der Waals surface area contributed by atoms with Gasteiger partial charge in [0.1, 0.15) is 12.1 Å². The van der Waals surface area contributed by atoms with Gasteiger partial charge in [0.15, 0.2) is 0 Å². The molecule has 0 aliphatic heterocycles. The van der Waals surface area contributed by atoms with Gasteiger partial charge in [0.2, 0.25) is 5.91 Å². The quantitative estimate of drug-likeness (QED) is 0.351. The minimum Gasteiger partial charge on any atom is -0.356 e. The molecule has 29 heavy (non-hydrogen) atoms. The van der Waals surface area contributed by atoms with E-state index < -0.39 is 4.92 Å². The molecular weight excluding hydrogens is 368 g/mol. The van der Waals surface area contributed by atoms with Crippen molar-refractivity contribution in [1.29, 1.82) is 5.26 Å². The number of amides is 1. The molecule has 1 heterocycles. The van der Waals surface area contributed by atoms with Gasteiger partial charge >= 0.3 is 0 Å². The van der Waals surface area contributed by atoms with Crippen LogP contribution in [0.25, 0.3) is 22.0 Å².